The fourth-order valence-corrected chi connectivity index (χ4v) is 3.04. The predicted molar refractivity (Wildman–Crippen MR) is 78.2 cm³/mol. The second-order valence-corrected chi connectivity index (χ2v) is 6.23. The molecule has 3 heteroatoms. The molecular formula is C15H15ClOS. The van der Waals surface area contributed by atoms with Crippen molar-refractivity contribution in [3.63, 3.8) is 0 Å². The fourth-order valence-electron chi connectivity index (χ4n) is 1.69. The van der Waals surface area contributed by atoms with Gasteiger partial charge in [0.25, 0.3) is 0 Å². The molecule has 0 aliphatic carbocycles. The van der Waals surface area contributed by atoms with Crippen LogP contribution in [-0.4, -0.2) is 4.21 Å². The lowest BCUT2D eigenvalue weighted by atomic mass is 10.2. The van der Waals surface area contributed by atoms with Gasteiger partial charge >= 0.3 is 0 Å². The van der Waals surface area contributed by atoms with Crippen molar-refractivity contribution in [3.8, 4) is 0 Å². The minimum Gasteiger partial charge on any atom is -0.259 e. The summed E-state index contributed by atoms with van der Waals surface area (Å²) in [6.07, 6.45) is 0. The molecule has 2 rings (SSSR count). The van der Waals surface area contributed by atoms with E-state index in [0.717, 1.165) is 11.1 Å². The first kappa shape index (κ1) is 13.3. The van der Waals surface area contributed by atoms with Gasteiger partial charge in [-0.15, -0.1) is 0 Å². The Kier molecular flexibility index (Phi) is 4.56. The maximum Gasteiger partial charge on any atom is 0.0489 e. The molecule has 0 radical (unpaired) electrons. The molecule has 0 heterocycles. The molecule has 0 aliphatic heterocycles. The van der Waals surface area contributed by atoms with Crippen molar-refractivity contribution >= 4 is 22.4 Å². The average molecular weight is 279 g/mol. The van der Waals surface area contributed by atoms with E-state index >= 15 is 0 Å². The summed E-state index contributed by atoms with van der Waals surface area (Å²) in [6.45, 7) is 2.05. The van der Waals surface area contributed by atoms with Gasteiger partial charge in [-0.3, -0.25) is 4.21 Å². The molecule has 18 heavy (non-hydrogen) atoms. The lowest BCUT2D eigenvalue weighted by molar-refractivity contribution is 0.682. The number of aryl methyl sites for hydroxylation is 1. The van der Waals surface area contributed by atoms with E-state index in [1.54, 1.807) is 0 Å². The highest BCUT2D eigenvalue weighted by atomic mass is 35.5. The van der Waals surface area contributed by atoms with Crippen LogP contribution in [0.3, 0.4) is 0 Å². The summed E-state index contributed by atoms with van der Waals surface area (Å²) in [4.78, 5) is 0. The third-order valence-corrected chi connectivity index (χ3v) is 4.25. The van der Waals surface area contributed by atoms with Gasteiger partial charge in [0.1, 0.15) is 0 Å². The highest BCUT2D eigenvalue weighted by Gasteiger charge is 2.03. The van der Waals surface area contributed by atoms with Crippen LogP contribution in [0.1, 0.15) is 16.7 Å². The number of hydrogen-bond acceptors (Lipinski definition) is 1. The Hall–Kier alpha value is -1.12. The Morgan fingerprint density at radius 1 is 0.889 bits per heavy atom. The Labute approximate surface area is 115 Å². The molecule has 1 atom stereocenters. The zero-order chi connectivity index (χ0) is 13.0. The molecule has 0 saturated heterocycles. The van der Waals surface area contributed by atoms with Crippen molar-refractivity contribution in [3.05, 3.63) is 70.2 Å². The summed E-state index contributed by atoms with van der Waals surface area (Å²) in [7, 11) is -0.878. The zero-order valence-corrected chi connectivity index (χ0v) is 11.8. The van der Waals surface area contributed by atoms with E-state index in [9.17, 15) is 4.21 Å². The van der Waals surface area contributed by atoms with Gasteiger partial charge in [0.2, 0.25) is 0 Å². The van der Waals surface area contributed by atoms with Crippen LogP contribution >= 0.6 is 11.6 Å². The van der Waals surface area contributed by atoms with E-state index in [4.69, 9.17) is 11.6 Å². The van der Waals surface area contributed by atoms with Gasteiger partial charge in [-0.2, -0.15) is 0 Å². The molecule has 0 bridgehead atoms. The Morgan fingerprint density at radius 3 is 1.83 bits per heavy atom. The van der Waals surface area contributed by atoms with Crippen molar-refractivity contribution in [2.75, 3.05) is 0 Å². The van der Waals surface area contributed by atoms with Crippen LogP contribution in [0.2, 0.25) is 5.02 Å². The van der Waals surface area contributed by atoms with E-state index in [-0.39, 0.29) is 0 Å². The highest BCUT2D eigenvalue weighted by Crippen LogP contribution is 2.13. The van der Waals surface area contributed by atoms with E-state index in [1.165, 1.54) is 5.56 Å². The summed E-state index contributed by atoms with van der Waals surface area (Å²) >= 11 is 5.82. The van der Waals surface area contributed by atoms with Crippen LogP contribution in [0.25, 0.3) is 0 Å². The van der Waals surface area contributed by atoms with Gasteiger partial charge in [0.15, 0.2) is 0 Å². The molecule has 0 fully saturated rings. The van der Waals surface area contributed by atoms with E-state index in [1.807, 2.05) is 36.4 Å². The van der Waals surface area contributed by atoms with Crippen LogP contribution in [0.5, 0.6) is 0 Å². The highest BCUT2D eigenvalue weighted by molar-refractivity contribution is 7.83. The fraction of sp³-hybridized carbons (Fsp3) is 0.200. The standard InChI is InChI=1S/C15H15ClOS/c1-12-2-4-13(5-3-12)10-18(17)11-14-6-8-15(16)9-7-14/h2-9H,10-11H2,1H3/t18-/m1/s1. The molecule has 0 N–H and O–H groups in total. The minimum absolute atomic E-state index is 0.574. The van der Waals surface area contributed by atoms with Crippen LogP contribution in [0, 0.1) is 6.92 Å². The van der Waals surface area contributed by atoms with Gasteiger partial charge in [-0.1, -0.05) is 53.6 Å². The summed E-state index contributed by atoms with van der Waals surface area (Å²) in [6, 6.07) is 15.7. The van der Waals surface area contributed by atoms with Gasteiger partial charge in [-0.25, -0.2) is 0 Å². The minimum atomic E-state index is -0.878. The number of halogens is 1. The average Bonchev–Trinajstić information content (AvgIpc) is 2.35. The maximum absolute atomic E-state index is 12.0. The quantitative estimate of drug-likeness (QED) is 0.823. The van der Waals surface area contributed by atoms with Gasteiger partial charge in [0, 0.05) is 27.3 Å². The number of benzene rings is 2. The van der Waals surface area contributed by atoms with Crippen molar-refractivity contribution in [2.24, 2.45) is 0 Å². The molecule has 0 aliphatic rings. The molecular weight excluding hydrogens is 264 g/mol. The predicted octanol–water partition coefficient (Wildman–Crippen LogP) is 4.10. The maximum atomic E-state index is 12.0. The van der Waals surface area contributed by atoms with Crippen LogP contribution in [0.15, 0.2) is 48.5 Å². The van der Waals surface area contributed by atoms with Gasteiger partial charge < -0.3 is 0 Å². The zero-order valence-electron chi connectivity index (χ0n) is 10.2. The van der Waals surface area contributed by atoms with Crippen molar-refractivity contribution in [2.45, 2.75) is 18.4 Å². The van der Waals surface area contributed by atoms with Crippen molar-refractivity contribution in [1.29, 1.82) is 0 Å². The number of hydrogen-bond donors (Lipinski definition) is 0. The molecule has 2 aromatic carbocycles. The molecule has 1 nitrogen and oxygen atoms in total. The van der Waals surface area contributed by atoms with Gasteiger partial charge in [-0.05, 0) is 30.2 Å². The second kappa shape index (κ2) is 6.17. The first-order chi connectivity index (χ1) is 8.63. The second-order valence-electron chi connectivity index (χ2n) is 4.34. The molecule has 0 spiro atoms. The first-order valence-electron chi connectivity index (χ1n) is 5.78. The number of rotatable bonds is 4. The summed E-state index contributed by atoms with van der Waals surface area (Å²) < 4.78 is 12.0. The first-order valence-corrected chi connectivity index (χ1v) is 7.65. The Balaban J connectivity index is 1.96. The molecule has 0 saturated carbocycles. The Bertz CT molecular complexity index is 482. The summed E-state index contributed by atoms with van der Waals surface area (Å²) in [5.41, 5.74) is 3.40. The Morgan fingerprint density at radius 2 is 1.33 bits per heavy atom. The normalized spacial score (nSPS) is 12.3. The van der Waals surface area contributed by atoms with Crippen molar-refractivity contribution in [1.82, 2.24) is 0 Å². The monoisotopic (exact) mass is 278 g/mol. The molecule has 0 amide bonds. The summed E-state index contributed by atoms with van der Waals surface area (Å²) in [5.74, 6) is 1.17. The molecule has 0 aromatic heterocycles. The van der Waals surface area contributed by atoms with E-state index in [0.29, 0.717) is 16.5 Å². The van der Waals surface area contributed by atoms with Crippen molar-refractivity contribution < 1.29 is 4.21 Å². The largest absolute Gasteiger partial charge is 0.259 e. The third-order valence-electron chi connectivity index (χ3n) is 2.69. The topological polar surface area (TPSA) is 17.1 Å². The smallest absolute Gasteiger partial charge is 0.0489 e. The van der Waals surface area contributed by atoms with Crippen LogP contribution < -0.4 is 0 Å². The van der Waals surface area contributed by atoms with E-state index < -0.39 is 10.8 Å². The SMILES string of the molecule is Cc1ccc(C[S@@](=O)Cc2ccc(Cl)cc2)cc1. The lowest BCUT2D eigenvalue weighted by Gasteiger charge is -2.04. The van der Waals surface area contributed by atoms with E-state index in [2.05, 4.69) is 19.1 Å². The molecule has 2 aromatic rings. The molecule has 0 unspecified atom stereocenters. The van der Waals surface area contributed by atoms with Crippen LogP contribution in [-0.2, 0) is 22.3 Å². The van der Waals surface area contributed by atoms with Crippen LogP contribution in [0.4, 0.5) is 0 Å². The van der Waals surface area contributed by atoms with Gasteiger partial charge in [0.05, 0.1) is 0 Å². The molecule has 94 valence electrons. The third kappa shape index (κ3) is 3.97. The lowest BCUT2D eigenvalue weighted by Crippen LogP contribution is -1.99. The summed E-state index contributed by atoms with van der Waals surface area (Å²) in [5, 5.41) is 0.711.